The van der Waals surface area contributed by atoms with Crippen molar-refractivity contribution in [3.05, 3.63) is 29.8 Å². The molecule has 1 aromatic carbocycles. The molecule has 3 amide bonds. The Bertz CT molecular complexity index is 557. The summed E-state index contributed by atoms with van der Waals surface area (Å²) in [7, 11) is 0. The van der Waals surface area contributed by atoms with Gasteiger partial charge >= 0.3 is 12.0 Å². The zero-order valence-corrected chi connectivity index (χ0v) is 12.8. The van der Waals surface area contributed by atoms with E-state index in [0.717, 1.165) is 0 Å². The second-order valence-corrected chi connectivity index (χ2v) is 4.85. The van der Waals surface area contributed by atoms with Crippen LogP contribution in [0.4, 0.5) is 4.79 Å². The normalized spacial score (nSPS) is 11.6. The molecule has 7 nitrogen and oxygen atoms in total. The lowest BCUT2D eigenvalue weighted by Gasteiger charge is -2.20. The Morgan fingerprint density at radius 1 is 1.23 bits per heavy atom. The van der Waals surface area contributed by atoms with Gasteiger partial charge in [0.2, 0.25) is 0 Å². The van der Waals surface area contributed by atoms with Crippen LogP contribution in [0.5, 0.6) is 5.75 Å². The molecule has 1 aromatic rings. The second kappa shape index (κ2) is 8.02. The van der Waals surface area contributed by atoms with Crippen LogP contribution in [0.25, 0.3) is 0 Å². The predicted octanol–water partition coefficient (Wildman–Crippen LogP) is 1.46. The molecule has 120 valence electrons. The Hall–Kier alpha value is -2.57. The van der Waals surface area contributed by atoms with Gasteiger partial charge in [-0.1, -0.05) is 26.0 Å². The summed E-state index contributed by atoms with van der Waals surface area (Å²) in [6.45, 7) is 5.55. The van der Waals surface area contributed by atoms with Crippen LogP contribution in [-0.2, 0) is 9.53 Å². The number of hydrogen-bond donors (Lipinski definition) is 2. The van der Waals surface area contributed by atoms with Gasteiger partial charge in [-0.05, 0) is 25.0 Å². The van der Waals surface area contributed by atoms with Gasteiger partial charge in [0.1, 0.15) is 11.3 Å². The highest BCUT2D eigenvalue weighted by atomic mass is 16.6. The minimum atomic E-state index is -1.13. The van der Waals surface area contributed by atoms with Crippen molar-refractivity contribution in [2.24, 2.45) is 11.7 Å². The summed E-state index contributed by atoms with van der Waals surface area (Å²) >= 11 is 0. The summed E-state index contributed by atoms with van der Waals surface area (Å²) in [6.07, 6.45) is -1.13. The molecular formula is C15H20N2O5. The number of urea groups is 1. The first kappa shape index (κ1) is 17.5. The van der Waals surface area contributed by atoms with E-state index < -0.39 is 24.0 Å². The van der Waals surface area contributed by atoms with Gasteiger partial charge < -0.3 is 15.2 Å². The van der Waals surface area contributed by atoms with Crippen LogP contribution in [0.1, 0.15) is 31.1 Å². The third kappa shape index (κ3) is 4.76. The molecule has 0 spiro atoms. The third-order valence-electron chi connectivity index (χ3n) is 2.75. The fourth-order valence-corrected chi connectivity index (χ4v) is 1.78. The van der Waals surface area contributed by atoms with E-state index >= 15 is 0 Å². The van der Waals surface area contributed by atoms with Crippen LogP contribution in [-0.4, -0.2) is 30.6 Å². The molecule has 0 aliphatic rings. The van der Waals surface area contributed by atoms with Gasteiger partial charge in [-0.3, -0.25) is 10.1 Å². The van der Waals surface area contributed by atoms with E-state index in [0.29, 0.717) is 12.4 Å². The molecule has 1 rings (SSSR count). The SMILES string of the molecule is CCOc1ccccc1C(=O)O[C@H](C(=O)NC(N)=O)C(C)C. The van der Waals surface area contributed by atoms with E-state index in [2.05, 4.69) is 0 Å². The van der Waals surface area contributed by atoms with E-state index in [1.807, 2.05) is 5.32 Å². The van der Waals surface area contributed by atoms with Gasteiger partial charge in [0.05, 0.1) is 6.61 Å². The summed E-state index contributed by atoms with van der Waals surface area (Å²) in [5, 5.41) is 1.91. The lowest BCUT2D eigenvalue weighted by molar-refractivity contribution is -0.130. The zero-order valence-electron chi connectivity index (χ0n) is 12.8. The standard InChI is InChI=1S/C15H20N2O5/c1-4-21-11-8-6-5-7-10(11)14(19)22-12(9(2)3)13(18)17-15(16)20/h5-9,12H,4H2,1-3H3,(H3,16,17,18,20)/t12-/m0/s1. The topological polar surface area (TPSA) is 108 Å². The molecule has 0 saturated carbocycles. The van der Waals surface area contributed by atoms with Gasteiger partial charge in [0.25, 0.3) is 5.91 Å². The van der Waals surface area contributed by atoms with E-state index in [9.17, 15) is 14.4 Å². The van der Waals surface area contributed by atoms with Gasteiger partial charge in [0, 0.05) is 0 Å². The number of primary amides is 1. The predicted molar refractivity (Wildman–Crippen MR) is 79.4 cm³/mol. The van der Waals surface area contributed by atoms with Crippen molar-refractivity contribution in [3.63, 3.8) is 0 Å². The number of nitrogens with two attached hydrogens (primary N) is 1. The number of esters is 1. The monoisotopic (exact) mass is 308 g/mol. The second-order valence-electron chi connectivity index (χ2n) is 4.85. The molecule has 0 radical (unpaired) electrons. The lowest BCUT2D eigenvalue weighted by Crippen LogP contribution is -2.45. The Morgan fingerprint density at radius 2 is 1.86 bits per heavy atom. The van der Waals surface area contributed by atoms with E-state index in [1.165, 1.54) is 6.07 Å². The van der Waals surface area contributed by atoms with Crippen LogP contribution in [0, 0.1) is 5.92 Å². The molecule has 0 unspecified atom stereocenters. The van der Waals surface area contributed by atoms with Crippen molar-refractivity contribution < 1.29 is 23.9 Å². The smallest absolute Gasteiger partial charge is 0.342 e. The van der Waals surface area contributed by atoms with E-state index in [4.69, 9.17) is 15.2 Å². The molecule has 0 bridgehead atoms. The zero-order chi connectivity index (χ0) is 16.7. The summed E-state index contributed by atoms with van der Waals surface area (Å²) in [5.74, 6) is -1.43. The molecule has 7 heteroatoms. The van der Waals surface area contributed by atoms with Crippen molar-refractivity contribution in [3.8, 4) is 5.75 Å². The molecule has 0 aromatic heterocycles. The quantitative estimate of drug-likeness (QED) is 0.774. The van der Waals surface area contributed by atoms with Gasteiger partial charge in [0.15, 0.2) is 6.10 Å². The number of ether oxygens (including phenoxy) is 2. The Balaban J connectivity index is 2.92. The first-order chi connectivity index (χ1) is 10.4. The van der Waals surface area contributed by atoms with E-state index in [1.54, 1.807) is 39.0 Å². The van der Waals surface area contributed by atoms with Crippen molar-refractivity contribution in [1.82, 2.24) is 5.32 Å². The minimum Gasteiger partial charge on any atom is -0.493 e. The molecule has 0 aliphatic heterocycles. The molecule has 22 heavy (non-hydrogen) atoms. The van der Waals surface area contributed by atoms with Crippen molar-refractivity contribution in [2.45, 2.75) is 26.9 Å². The number of rotatable bonds is 6. The van der Waals surface area contributed by atoms with Crippen LogP contribution >= 0.6 is 0 Å². The Labute approximate surface area is 128 Å². The third-order valence-corrected chi connectivity index (χ3v) is 2.75. The summed E-state index contributed by atoms with van der Waals surface area (Å²) in [5.41, 5.74) is 5.12. The highest BCUT2D eigenvalue weighted by Gasteiger charge is 2.28. The number of hydrogen-bond acceptors (Lipinski definition) is 5. The molecule has 0 aliphatic carbocycles. The summed E-state index contributed by atoms with van der Waals surface area (Å²) < 4.78 is 10.6. The maximum Gasteiger partial charge on any atom is 0.342 e. The van der Waals surface area contributed by atoms with Gasteiger partial charge in [-0.2, -0.15) is 0 Å². The lowest BCUT2D eigenvalue weighted by atomic mass is 10.1. The fourth-order valence-electron chi connectivity index (χ4n) is 1.78. The maximum atomic E-state index is 12.2. The number of para-hydroxylation sites is 1. The fraction of sp³-hybridized carbons (Fsp3) is 0.400. The number of nitrogens with one attached hydrogen (secondary N) is 1. The minimum absolute atomic E-state index is 0.210. The van der Waals surface area contributed by atoms with Crippen LogP contribution in [0.15, 0.2) is 24.3 Å². The highest BCUT2D eigenvalue weighted by Crippen LogP contribution is 2.20. The average Bonchev–Trinajstić information content (AvgIpc) is 2.44. The molecule has 0 fully saturated rings. The summed E-state index contributed by atoms with van der Waals surface area (Å²) in [6, 6.07) is 5.56. The first-order valence-corrected chi connectivity index (χ1v) is 6.89. The molecule has 1 atom stereocenters. The van der Waals surface area contributed by atoms with Gasteiger partial charge in [-0.15, -0.1) is 0 Å². The number of imide groups is 1. The van der Waals surface area contributed by atoms with E-state index in [-0.39, 0.29) is 11.5 Å². The molecule has 0 saturated heterocycles. The van der Waals surface area contributed by atoms with Crippen LogP contribution < -0.4 is 15.8 Å². The van der Waals surface area contributed by atoms with Crippen molar-refractivity contribution in [2.75, 3.05) is 6.61 Å². The number of carbonyl (C=O) groups excluding carboxylic acids is 3. The Kier molecular flexibility index (Phi) is 6.37. The van der Waals surface area contributed by atoms with Crippen molar-refractivity contribution in [1.29, 1.82) is 0 Å². The molecular weight excluding hydrogens is 288 g/mol. The first-order valence-electron chi connectivity index (χ1n) is 6.89. The van der Waals surface area contributed by atoms with Crippen LogP contribution in [0.3, 0.4) is 0 Å². The largest absolute Gasteiger partial charge is 0.493 e. The highest BCUT2D eigenvalue weighted by molar-refractivity contribution is 5.99. The number of benzene rings is 1. The Morgan fingerprint density at radius 3 is 2.41 bits per heavy atom. The number of amides is 3. The number of carbonyl (C=O) groups is 3. The van der Waals surface area contributed by atoms with Gasteiger partial charge in [-0.25, -0.2) is 9.59 Å². The van der Waals surface area contributed by atoms with Crippen LogP contribution in [0.2, 0.25) is 0 Å². The molecule has 0 heterocycles. The average molecular weight is 308 g/mol. The maximum absolute atomic E-state index is 12.2. The molecule has 3 N–H and O–H groups in total. The van der Waals surface area contributed by atoms with Crippen molar-refractivity contribution >= 4 is 17.9 Å². The summed E-state index contributed by atoms with van der Waals surface area (Å²) in [4.78, 5) is 34.9.